The van der Waals surface area contributed by atoms with Crippen LogP contribution in [0.2, 0.25) is 0 Å². The largest absolute Gasteiger partial charge is 0.481 e. The Balaban J connectivity index is 4.51. The number of aliphatic carboxylic acids is 1. The Hall–Kier alpha value is -1.30. The number of hydrogen-bond donors (Lipinski definition) is 2. The van der Waals surface area contributed by atoms with E-state index in [2.05, 4.69) is 10.2 Å². The molecular weight excluding hydrogens is 258 g/mol. The molecule has 0 heterocycles. The van der Waals surface area contributed by atoms with Crippen molar-refractivity contribution < 1.29 is 14.7 Å². The van der Waals surface area contributed by atoms with Gasteiger partial charge in [-0.15, -0.1) is 0 Å². The number of carboxylic acids is 1. The summed E-state index contributed by atoms with van der Waals surface area (Å²) in [6.07, 6.45) is 0.812. The molecule has 0 aliphatic carbocycles. The van der Waals surface area contributed by atoms with Gasteiger partial charge in [-0.3, -0.25) is 4.79 Å². The van der Waals surface area contributed by atoms with E-state index in [-0.39, 0.29) is 25.0 Å². The standard InChI is InChI=1S/C14H29N3O3/c1-11(7-9-16(5)6)15-13(20)17(14(2,3)4)10-8-12(18)19/h11H,7-10H2,1-6H3,(H,15,20)(H,18,19). The maximum atomic E-state index is 12.3. The van der Waals surface area contributed by atoms with E-state index in [0.717, 1.165) is 13.0 Å². The number of carbonyl (C=O) groups is 2. The average Bonchev–Trinajstić information content (AvgIpc) is 2.24. The molecule has 118 valence electrons. The smallest absolute Gasteiger partial charge is 0.318 e. The molecule has 0 aromatic rings. The van der Waals surface area contributed by atoms with Crippen molar-refractivity contribution in [2.75, 3.05) is 27.2 Å². The highest BCUT2D eigenvalue weighted by Crippen LogP contribution is 2.14. The first kappa shape index (κ1) is 18.7. The van der Waals surface area contributed by atoms with Crippen LogP contribution in [0.25, 0.3) is 0 Å². The average molecular weight is 287 g/mol. The van der Waals surface area contributed by atoms with Gasteiger partial charge in [-0.25, -0.2) is 4.79 Å². The number of nitrogens with zero attached hydrogens (tertiary/aromatic N) is 2. The maximum Gasteiger partial charge on any atom is 0.318 e. The first-order chi connectivity index (χ1) is 9.04. The number of urea groups is 1. The fourth-order valence-electron chi connectivity index (χ4n) is 1.76. The zero-order chi connectivity index (χ0) is 15.9. The molecule has 1 unspecified atom stereocenters. The third-order valence-corrected chi connectivity index (χ3v) is 2.98. The summed E-state index contributed by atoms with van der Waals surface area (Å²) >= 11 is 0. The Kier molecular flexibility index (Phi) is 7.57. The van der Waals surface area contributed by atoms with Crippen LogP contribution in [-0.4, -0.2) is 65.7 Å². The molecule has 0 aliphatic rings. The van der Waals surface area contributed by atoms with Gasteiger partial charge in [0, 0.05) is 18.1 Å². The fourth-order valence-corrected chi connectivity index (χ4v) is 1.76. The normalized spacial score (nSPS) is 13.2. The minimum Gasteiger partial charge on any atom is -0.481 e. The quantitative estimate of drug-likeness (QED) is 0.746. The molecule has 2 amide bonds. The van der Waals surface area contributed by atoms with Crippen molar-refractivity contribution in [1.29, 1.82) is 0 Å². The van der Waals surface area contributed by atoms with Crippen molar-refractivity contribution in [2.45, 2.75) is 52.1 Å². The lowest BCUT2D eigenvalue weighted by molar-refractivity contribution is -0.137. The van der Waals surface area contributed by atoms with Gasteiger partial charge in [0.2, 0.25) is 0 Å². The molecule has 0 aromatic heterocycles. The molecule has 0 bridgehead atoms. The molecule has 2 N–H and O–H groups in total. The molecular formula is C14H29N3O3. The van der Waals surface area contributed by atoms with Crippen molar-refractivity contribution in [2.24, 2.45) is 0 Å². The first-order valence-corrected chi connectivity index (χ1v) is 6.98. The van der Waals surface area contributed by atoms with Crippen molar-refractivity contribution in [3.05, 3.63) is 0 Å². The third kappa shape index (κ3) is 7.99. The van der Waals surface area contributed by atoms with Gasteiger partial charge in [0.05, 0.1) is 6.42 Å². The second kappa shape index (κ2) is 8.09. The molecule has 0 aromatic carbocycles. The lowest BCUT2D eigenvalue weighted by Crippen LogP contribution is -2.53. The minimum absolute atomic E-state index is 0.0449. The Morgan fingerprint density at radius 3 is 2.15 bits per heavy atom. The van der Waals surface area contributed by atoms with Gasteiger partial charge in [-0.05, 0) is 54.8 Å². The SMILES string of the molecule is CC(CCN(C)C)NC(=O)N(CCC(=O)O)C(C)(C)C. The number of nitrogens with one attached hydrogen (secondary N) is 1. The van der Waals surface area contributed by atoms with E-state index >= 15 is 0 Å². The third-order valence-electron chi connectivity index (χ3n) is 2.98. The van der Waals surface area contributed by atoms with Crippen LogP contribution in [-0.2, 0) is 4.79 Å². The summed E-state index contributed by atoms with van der Waals surface area (Å²) in [5.41, 5.74) is -0.402. The fraction of sp³-hybridized carbons (Fsp3) is 0.857. The molecule has 0 fully saturated rings. The van der Waals surface area contributed by atoms with E-state index < -0.39 is 11.5 Å². The summed E-state index contributed by atoms with van der Waals surface area (Å²) in [7, 11) is 3.98. The van der Waals surface area contributed by atoms with Crippen LogP contribution >= 0.6 is 0 Å². The summed E-state index contributed by atoms with van der Waals surface area (Å²) in [5.74, 6) is -0.896. The molecule has 0 spiro atoms. The number of carboxylic acid groups (broad SMARTS) is 1. The second-order valence-electron chi connectivity index (χ2n) is 6.41. The summed E-state index contributed by atoms with van der Waals surface area (Å²) in [4.78, 5) is 26.6. The number of carbonyl (C=O) groups excluding carboxylic acids is 1. The van der Waals surface area contributed by atoms with Gasteiger partial charge >= 0.3 is 12.0 Å². The van der Waals surface area contributed by atoms with Crippen molar-refractivity contribution in [3.63, 3.8) is 0 Å². The summed E-state index contributed by atoms with van der Waals surface area (Å²) < 4.78 is 0. The van der Waals surface area contributed by atoms with Crippen LogP contribution in [0.15, 0.2) is 0 Å². The van der Waals surface area contributed by atoms with Crippen LogP contribution in [0.5, 0.6) is 0 Å². The van der Waals surface area contributed by atoms with Crippen molar-refractivity contribution >= 4 is 12.0 Å². The van der Waals surface area contributed by atoms with E-state index in [1.54, 1.807) is 4.90 Å². The van der Waals surface area contributed by atoms with Crippen LogP contribution in [0.3, 0.4) is 0 Å². The molecule has 0 aliphatic heterocycles. The van der Waals surface area contributed by atoms with E-state index in [1.807, 2.05) is 41.8 Å². The predicted octanol–water partition coefficient (Wildman–Crippen LogP) is 1.61. The van der Waals surface area contributed by atoms with Crippen LogP contribution in [0, 0.1) is 0 Å². The Labute approximate surface area is 122 Å². The highest BCUT2D eigenvalue weighted by molar-refractivity contribution is 5.76. The predicted molar refractivity (Wildman–Crippen MR) is 79.9 cm³/mol. The minimum atomic E-state index is -0.896. The van der Waals surface area contributed by atoms with Crippen molar-refractivity contribution in [1.82, 2.24) is 15.1 Å². The van der Waals surface area contributed by atoms with Gasteiger partial charge in [0.1, 0.15) is 0 Å². The monoisotopic (exact) mass is 287 g/mol. The summed E-state index contributed by atoms with van der Waals surface area (Å²) in [5, 5.41) is 11.7. The highest BCUT2D eigenvalue weighted by Gasteiger charge is 2.27. The van der Waals surface area contributed by atoms with E-state index in [4.69, 9.17) is 5.11 Å². The van der Waals surface area contributed by atoms with E-state index in [9.17, 15) is 9.59 Å². The van der Waals surface area contributed by atoms with Crippen LogP contribution < -0.4 is 5.32 Å². The topological polar surface area (TPSA) is 72.9 Å². The number of rotatable bonds is 7. The molecule has 0 saturated carbocycles. The van der Waals surface area contributed by atoms with Gasteiger partial charge in [-0.2, -0.15) is 0 Å². The van der Waals surface area contributed by atoms with Gasteiger partial charge < -0.3 is 20.2 Å². The summed E-state index contributed by atoms with van der Waals surface area (Å²) in [6.45, 7) is 8.77. The van der Waals surface area contributed by atoms with Gasteiger partial charge in [0.25, 0.3) is 0 Å². The van der Waals surface area contributed by atoms with E-state index in [0.29, 0.717) is 0 Å². The lowest BCUT2D eigenvalue weighted by atomic mass is 10.1. The molecule has 6 heteroatoms. The Bertz CT molecular complexity index is 324. The maximum absolute atomic E-state index is 12.3. The molecule has 1 atom stereocenters. The molecule has 0 saturated heterocycles. The molecule has 0 radical (unpaired) electrons. The first-order valence-electron chi connectivity index (χ1n) is 6.98. The number of amides is 2. The van der Waals surface area contributed by atoms with Crippen LogP contribution in [0.4, 0.5) is 4.79 Å². The van der Waals surface area contributed by atoms with Gasteiger partial charge in [-0.1, -0.05) is 0 Å². The highest BCUT2D eigenvalue weighted by atomic mass is 16.4. The van der Waals surface area contributed by atoms with E-state index in [1.165, 1.54) is 0 Å². The molecule has 20 heavy (non-hydrogen) atoms. The second-order valence-corrected chi connectivity index (χ2v) is 6.41. The zero-order valence-electron chi connectivity index (χ0n) is 13.6. The van der Waals surface area contributed by atoms with Gasteiger partial charge in [0.15, 0.2) is 0 Å². The zero-order valence-corrected chi connectivity index (χ0v) is 13.6. The number of hydrogen-bond acceptors (Lipinski definition) is 3. The summed E-state index contributed by atoms with van der Waals surface area (Å²) in [6, 6.07) is -0.149. The Morgan fingerprint density at radius 2 is 1.75 bits per heavy atom. The Morgan fingerprint density at radius 1 is 1.20 bits per heavy atom. The van der Waals surface area contributed by atoms with Crippen molar-refractivity contribution in [3.8, 4) is 0 Å². The lowest BCUT2D eigenvalue weighted by Gasteiger charge is -2.36. The van der Waals surface area contributed by atoms with Crippen LogP contribution in [0.1, 0.15) is 40.5 Å². The molecule has 6 nitrogen and oxygen atoms in total. The molecule has 0 rings (SSSR count).